The fourth-order valence-electron chi connectivity index (χ4n) is 5.65. The molecule has 3 unspecified atom stereocenters. The van der Waals surface area contributed by atoms with Gasteiger partial charge in [-0.25, -0.2) is 4.63 Å². The number of nitrogens with zero attached hydrogens (tertiary/aromatic N) is 2. The molecule has 5 heteroatoms. The van der Waals surface area contributed by atoms with Gasteiger partial charge in [0.2, 0.25) is 0 Å². The number of fused-ring (bicyclic) bond motifs is 1. The van der Waals surface area contributed by atoms with E-state index in [9.17, 15) is 4.79 Å². The molecule has 0 aliphatic heterocycles. The van der Waals surface area contributed by atoms with Crippen LogP contribution in [0, 0.1) is 5.92 Å². The number of aldehydes is 1. The molecular weight excluding hydrogens is 432 g/mol. The number of benzene rings is 2. The molecule has 0 spiro atoms. The van der Waals surface area contributed by atoms with Gasteiger partial charge < -0.3 is 4.79 Å². The average Bonchev–Trinajstić information content (AvgIpc) is 3.23. The lowest BCUT2D eigenvalue weighted by molar-refractivity contribution is -0.108. The maximum absolute atomic E-state index is 11.5. The molecule has 0 bridgehead atoms. The summed E-state index contributed by atoms with van der Waals surface area (Å²) in [6.07, 6.45) is 9.58. The van der Waals surface area contributed by atoms with Crippen LogP contribution in [0.4, 0.5) is 0 Å². The van der Waals surface area contributed by atoms with Crippen LogP contribution in [-0.4, -0.2) is 16.6 Å². The first-order valence-corrected chi connectivity index (χ1v) is 12.4. The van der Waals surface area contributed by atoms with E-state index in [4.69, 9.17) is 16.2 Å². The molecule has 174 valence electrons. The molecule has 1 saturated carbocycles. The van der Waals surface area contributed by atoms with Crippen LogP contribution in [0.5, 0.6) is 0 Å². The van der Waals surface area contributed by atoms with Crippen LogP contribution in [0.2, 0.25) is 5.02 Å². The molecule has 3 aromatic rings. The molecule has 1 heterocycles. The third-order valence-corrected chi connectivity index (χ3v) is 7.93. The lowest BCUT2D eigenvalue weighted by atomic mass is 9.73. The van der Waals surface area contributed by atoms with Crippen molar-refractivity contribution in [1.29, 1.82) is 0 Å². The predicted octanol–water partition coefficient (Wildman–Crippen LogP) is 7.90. The molecule has 3 atom stereocenters. The lowest BCUT2D eigenvalue weighted by Crippen LogP contribution is -2.22. The molecule has 0 radical (unpaired) electrons. The van der Waals surface area contributed by atoms with Crippen molar-refractivity contribution in [3.63, 3.8) is 0 Å². The predicted molar refractivity (Wildman–Crippen MR) is 135 cm³/mol. The normalized spacial score (nSPS) is 22.1. The van der Waals surface area contributed by atoms with Crippen LogP contribution in [0.1, 0.15) is 87.8 Å². The lowest BCUT2D eigenvalue weighted by Gasteiger charge is -2.31. The molecule has 1 aromatic heterocycles. The second kappa shape index (κ2) is 10.2. The minimum Gasteiger partial charge on any atom is -0.303 e. The Morgan fingerprint density at radius 2 is 2.00 bits per heavy atom. The zero-order valence-electron chi connectivity index (χ0n) is 19.6. The number of hydrogen-bond donors (Lipinski definition) is 0. The van der Waals surface area contributed by atoms with Gasteiger partial charge in [0.05, 0.1) is 5.02 Å². The van der Waals surface area contributed by atoms with Crippen molar-refractivity contribution < 1.29 is 9.42 Å². The summed E-state index contributed by atoms with van der Waals surface area (Å²) in [5.74, 6) is 0.768. The van der Waals surface area contributed by atoms with Gasteiger partial charge in [0, 0.05) is 6.42 Å². The first-order valence-electron chi connectivity index (χ1n) is 12.0. The number of halogens is 1. The van der Waals surface area contributed by atoms with Gasteiger partial charge in [-0.3, -0.25) is 0 Å². The van der Waals surface area contributed by atoms with Crippen molar-refractivity contribution >= 4 is 34.5 Å². The van der Waals surface area contributed by atoms with Gasteiger partial charge in [-0.1, -0.05) is 73.9 Å². The fourth-order valence-corrected chi connectivity index (χ4v) is 5.84. The topological polar surface area (TPSA) is 56.0 Å². The third-order valence-electron chi connectivity index (χ3n) is 7.62. The van der Waals surface area contributed by atoms with E-state index < -0.39 is 0 Å². The molecule has 0 N–H and O–H groups in total. The van der Waals surface area contributed by atoms with E-state index >= 15 is 0 Å². The van der Waals surface area contributed by atoms with Gasteiger partial charge >= 0.3 is 0 Å². The van der Waals surface area contributed by atoms with E-state index in [1.807, 2.05) is 12.1 Å². The van der Waals surface area contributed by atoms with Crippen molar-refractivity contribution in [3.05, 3.63) is 64.7 Å². The van der Waals surface area contributed by atoms with E-state index in [0.29, 0.717) is 28.4 Å². The summed E-state index contributed by atoms with van der Waals surface area (Å²) in [6, 6.07) is 12.6. The van der Waals surface area contributed by atoms with E-state index in [1.165, 1.54) is 43.2 Å². The summed E-state index contributed by atoms with van der Waals surface area (Å²) in [7, 11) is 0. The fraction of sp³-hybridized carbons (Fsp3) is 0.464. The Bertz CT molecular complexity index is 1140. The number of allylic oxidation sites excluding steroid dienone is 1. The van der Waals surface area contributed by atoms with Gasteiger partial charge in [0.1, 0.15) is 11.8 Å². The van der Waals surface area contributed by atoms with Crippen LogP contribution in [-0.2, 0) is 10.2 Å². The van der Waals surface area contributed by atoms with E-state index in [1.54, 1.807) is 0 Å². The highest BCUT2D eigenvalue weighted by Crippen LogP contribution is 2.44. The van der Waals surface area contributed by atoms with Crippen LogP contribution in [0.25, 0.3) is 16.6 Å². The quantitative estimate of drug-likeness (QED) is 0.251. The zero-order valence-corrected chi connectivity index (χ0v) is 20.4. The summed E-state index contributed by atoms with van der Waals surface area (Å²) in [5.41, 5.74) is 6.33. The molecule has 4 rings (SSSR count). The molecule has 4 nitrogen and oxygen atoms in total. The first-order chi connectivity index (χ1) is 15.9. The first kappa shape index (κ1) is 23.7. The van der Waals surface area contributed by atoms with Crippen molar-refractivity contribution in [2.75, 3.05) is 0 Å². The van der Waals surface area contributed by atoms with Crippen molar-refractivity contribution in [1.82, 2.24) is 10.3 Å². The summed E-state index contributed by atoms with van der Waals surface area (Å²) in [5, 5.41) is 8.54. The maximum Gasteiger partial charge on any atom is 0.154 e. The second-order valence-electron chi connectivity index (χ2n) is 9.96. The standard InChI is InChI=1S/C28H33ClN2O2/c1-19(2)22-8-4-5-9-24(22)28(3)16-6-7-20(14-17-28)10-11-21(15-18-32)23-12-13-25(29)27-26(23)30-33-31-27/h4-5,8-9,12-13,18,20-21H,1,6-7,10-11,14-17H2,2-3H3. The van der Waals surface area contributed by atoms with Gasteiger partial charge in [-0.15, -0.1) is 0 Å². The average molecular weight is 465 g/mol. The van der Waals surface area contributed by atoms with Crippen molar-refractivity contribution in [2.45, 2.75) is 76.5 Å². The smallest absolute Gasteiger partial charge is 0.154 e. The van der Waals surface area contributed by atoms with E-state index in [-0.39, 0.29) is 11.3 Å². The highest BCUT2D eigenvalue weighted by atomic mass is 35.5. The largest absolute Gasteiger partial charge is 0.303 e. The van der Waals surface area contributed by atoms with Gasteiger partial charge in [-0.2, -0.15) is 0 Å². The number of carbonyl (C=O) groups excluding carboxylic acids is 1. The highest BCUT2D eigenvalue weighted by Gasteiger charge is 2.32. The van der Waals surface area contributed by atoms with Crippen LogP contribution < -0.4 is 0 Å². The molecule has 1 aliphatic carbocycles. The Labute approximate surface area is 201 Å². The SMILES string of the molecule is C=C(C)c1ccccc1C1(C)CCCC(CCC(CC=O)c2ccc(Cl)c3nonc23)CC1. The zero-order chi connectivity index (χ0) is 23.4. The highest BCUT2D eigenvalue weighted by molar-refractivity contribution is 6.34. The Morgan fingerprint density at radius 3 is 2.79 bits per heavy atom. The number of hydrogen-bond acceptors (Lipinski definition) is 4. The Kier molecular flexibility index (Phi) is 7.33. The summed E-state index contributed by atoms with van der Waals surface area (Å²) >= 11 is 6.24. The van der Waals surface area contributed by atoms with Crippen LogP contribution in [0.3, 0.4) is 0 Å². The summed E-state index contributed by atoms with van der Waals surface area (Å²) < 4.78 is 4.94. The molecule has 2 aromatic carbocycles. The van der Waals surface area contributed by atoms with E-state index in [2.05, 4.69) is 55.0 Å². The summed E-state index contributed by atoms with van der Waals surface area (Å²) in [6.45, 7) is 8.74. The Morgan fingerprint density at radius 1 is 1.21 bits per heavy atom. The molecule has 33 heavy (non-hydrogen) atoms. The molecular formula is C28H33ClN2O2. The molecule has 1 aliphatic rings. The Hall–Kier alpha value is -2.46. The number of carbonyl (C=O) groups is 1. The molecule has 0 saturated heterocycles. The molecule has 1 fully saturated rings. The number of rotatable bonds is 8. The minimum absolute atomic E-state index is 0.105. The van der Waals surface area contributed by atoms with E-state index in [0.717, 1.165) is 30.3 Å². The van der Waals surface area contributed by atoms with Gasteiger partial charge in [0.15, 0.2) is 5.52 Å². The van der Waals surface area contributed by atoms with Gasteiger partial charge in [-0.05, 0) is 89.3 Å². The minimum atomic E-state index is 0.105. The van der Waals surface area contributed by atoms with Crippen LogP contribution >= 0.6 is 11.6 Å². The summed E-state index contributed by atoms with van der Waals surface area (Å²) in [4.78, 5) is 11.5. The second-order valence-corrected chi connectivity index (χ2v) is 10.4. The van der Waals surface area contributed by atoms with Crippen molar-refractivity contribution in [3.8, 4) is 0 Å². The maximum atomic E-state index is 11.5. The monoisotopic (exact) mass is 464 g/mol. The third kappa shape index (κ3) is 5.06. The Balaban J connectivity index is 1.46. The van der Waals surface area contributed by atoms with Crippen molar-refractivity contribution in [2.24, 2.45) is 5.92 Å². The van der Waals surface area contributed by atoms with Gasteiger partial charge in [0.25, 0.3) is 0 Å². The van der Waals surface area contributed by atoms with Crippen LogP contribution in [0.15, 0.2) is 47.6 Å². The molecule has 0 amide bonds. The number of aromatic nitrogens is 2.